The number of halogens is 3. The van der Waals surface area contributed by atoms with Crippen molar-refractivity contribution in [3.05, 3.63) is 53.7 Å². The lowest BCUT2D eigenvalue weighted by Crippen LogP contribution is -2.24. The summed E-state index contributed by atoms with van der Waals surface area (Å²) in [5, 5.41) is 15.6. The van der Waals surface area contributed by atoms with E-state index in [1.54, 1.807) is 18.3 Å². The van der Waals surface area contributed by atoms with E-state index in [-0.39, 0.29) is 23.3 Å². The molecular formula is C19H20F3N3O2. The number of hydrogen-bond donors (Lipinski definition) is 3. The molecule has 0 spiro atoms. The molecule has 2 aromatic rings. The number of hydrogen-bond acceptors (Lipinski definition) is 4. The normalized spacial score (nSPS) is 19.7. The summed E-state index contributed by atoms with van der Waals surface area (Å²) in [4.78, 5) is 16.7. The Kier molecular flexibility index (Phi) is 5.65. The molecule has 8 heteroatoms. The molecular weight excluding hydrogens is 359 g/mol. The maximum Gasteiger partial charge on any atom is 0.416 e. The van der Waals surface area contributed by atoms with Crippen molar-refractivity contribution in [2.45, 2.75) is 31.5 Å². The molecule has 0 bridgehead atoms. The molecule has 1 aliphatic carbocycles. The van der Waals surface area contributed by atoms with Crippen LogP contribution in [0, 0.1) is 5.92 Å². The summed E-state index contributed by atoms with van der Waals surface area (Å²) < 4.78 is 37.9. The fraction of sp³-hybridized carbons (Fsp3) is 0.368. The van der Waals surface area contributed by atoms with Crippen LogP contribution >= 0.6 is 0 Å². The van der Waals surface area contributed by atoms with E-state index in [0.29, 0.717) is 12.4 Å². The molecule has 1 amide bonds. The molecule has 27 heavy (non-hydrogen) atoms. The van der Waals surface area contributed by atoms with Crippen LogP contribution in [0.1, 0.15) is 35.2 Å². The maximum absolute atomic E-state index is 12.6. The summed E-state index contributed by atoms with van der Waals surface area (Å²) in [6, 6.07) is 7.44. The van der Waals surface area contributed by atoms with Crippen LogP contribution in [-0.4, -0.2) is 28.6 Å². The zero-order valence-corrected chi connectivity index (χ0v) is 14.5. The molecule has 144 valence electrons. The van der Waals surface area contributed by atoms with Crippen LogP contribution in [0.15, 0.2) is 42.6 Å². The minimum absolute atomic E-state index is 0.109. The van der Waals surface area contributed by atoms with Crippen molar-refractivity contribution in [1.82, 2.24) is 4.98 Å². The number of benzene rings is 1. The van der Waals surface area contributed by atoms with Gasteiger partial charge in [-0.15, -0.1) is 0 Å². The van der Waals surface area contributed by atoms with Crippen molar-refractivity contribution in [3.63, 3.8) is 0 Å². The number of amides is 1. The van der Waals surface area contributed by atoms with Gasteiger partial charge in [0.15, 0.2) is 0 Å². The van der Waals surface area contributed by atoms with Gasteiger partial charge in [0.1, 0.15) is 5.82 Å². The molecule has 5 nitrogen and oxygen atoms in total. The molecule has 1 heterocycles. The van der Waals surface area contributed by atoms with E-state index in [4.69, 9.17) is 0 Å². The third-order valence-corrected chi connectivity index (χ3v) is 4.67. The Labute approximate surface area is 154 Å². The molecule has 0 aliphatic heterocycles. The average molecular weight is 379 g/mol. The molecule has 0 radical (unpaired) electrons. The van der Waals surface area contributed by atoms with Crippen molar-refractivity contribution >= 4 is 17.4 Å². The lowest BCUT2D eigenvalue weighted by Gasteiger charge is -2.17. The standard InChI is InChI=1S/C19H20F3N3O2/c20-19(21,22)13-6-8-14(9-7-13)25-18(27)15-4-2-10-23-17(15)24-11-12-3-1-5-16(12)26/h2,4,6-10,12,16,26H,1,3,5,11H2,(H,23,24)(H,25,27)/t12?,16-/m1/s1. The molecule has 0 saturated heterocycles. The number of aromatic nitrogens is 1. The minimum Gasteiger partial charge on any atom is -0.393 e. The number of rotatable bonds is 5. The third-order valence-electron chi connectivity index (χ3n) is 4.67. The number of carbonyl (C=O) groups excluding carboxylic acids is 1. The number of aliphatic hydroxyl groups excluding tert-OH is 1. The molecule has 2 atom stereocenters. The molecule has 1 aromatic heterocycles. The lowest BCUT2D eigenvalue weighted by molar-refractivity contribution is -0.137. The minimum atomic E-state index is -4.42. The average Bonchev–Trinajstić information content (AvgIpc) is 3.05. The van der Waals surface area contributed by atoms with E-state index < -0.39 is 17.6 Å². The highest BCUT2D eigenvalue weighted by molar-refractivity contribution is 6.07. The SMILES string of the molecule is O=C(Nc1ccc(C(F)(F)F)cc1)c1cccnc1NCC1CCC[C@H]1O. The van der Waals surface area contributed by atoms with Gasteiger partial charge in [0, 0.05) is 24.3 Å². The predicted molar refractivity (Wildman–Crippen MR) is 95.5 cm³/mol. The van der Waals surface area contributed by atoms with Gasteiger partial charge < -0.3 is 15.7 Å². The van der Waals surface area contributed by atoms with Crippen molar-refractivity contribution in [3.8, 4) is 0 Å². The summed E-state index contributed by atoms with van der Waals surface area (Å²) in [6.07, 6.45) is -0.581. The number of pyridine rings is 1. The van der Waals surface area contributed by atoms with Gasteiger partial charge in [-0.2, -0.15) is 13.2 Å². The molecule has 1 fully saturated rings. The second-order valence-corrected chi connectivity index (χ2v) is 6.57. The summed E-state index contributed by atoms with van der Waals surface area (Å²) in [5.41, 5.74) is -0.238. The van der Waals surface area contributed by atoms with E-state index in [2.05, 4.69) is 15.6 Å². The van der Waals surface area contributed by atoms with Gasteiger partial charge in [0.05, 0.1) is 17.2 Å². The molecule has 1 saturated carbocycles. The Bertz CT molecular complexity index is 794. The summed E-state index contributed by atoms with van der Waals surface area (Å²) in [6.45, 7) is 0.499. The molecule has 3 N–H and O–H groups in total. The van der Waals surface area contributed by atoms with E-state index in [9.17, 15) is 23.1 Å². The Balaban J connectivity index is 1.67. The van der Waals surface area contributed by atoms with Crippen LogP contribution in [0.4, 0.5) is 24.7 Å². The highest BCUT2D eigenvalue weighted by Crippen LogP contribution is 2.30. The van der Waals surface area contributed by atoms with Gasteiger partial charge in [-0.1, -0.05) is 6.42 Å². The van der Waals surface area contributed by atoms with Gasteiger partial charge in [-0.05, 0) is 49.2 Å². The van der Waals surface area contributed by atoms with Crippen LogP contribution in [0.5, 0.6) is 0 Å². The molecule has 3 rings (SSSR count). The summed E-state index contributed by atoms with van der Waals surface area (Å²) in [5.74, 6) is 0.0103. The maximum atomic E-state index is 12.6. The van der Waals surface area contributed by atoms with Crippen molar-refractivity contribution in [2.75, 3.05) is 17.2 Å². The van der Waals surface area contributed by atoms with Gasteiger partial charge in [0.2, 0.25) is 0 Å². The number of carbonyl (C=O) groups is 1. The first kappa shape index (κ1) is 19.2. The van der Waals surface area contributed by atoms with Gasteiger partial charge >= 0.3 is 6.18 Å². The first-order valence-corrected chi connectivity index (χ1v) is 8.70. The fourth-order valence-corrected chi connectivity index (χ4v) is 3.15. The number of nitrogens with zero attached hydrogens (tertiary/aromatic N) is 1. The van der Waals surface area contributed by atoms with Crippen LogP contribution in [0.3, 0.4) is 0 Å². The smallest absolute Gasteiger partial charge is 0.393 e. The third kappa shape index (κ3) is 4.77. The van der Waals surface area contributed by atoms with E-state index in [1.807, 2.05) is 0 Å². The summed E-state index contributed by atoms with van der Waals surface area (Å²) >= 11 is 0. The second kappa shape index (κ2) is 7.96. The van der Waals surface area contributed by atoms with Crippen molar-refractivity contribution in [1.29, 1.82) is 0 Å². The van der Waals surface area contributed by atoms with E-state index >= 15 is 0 Å². The molecule has 1 aromatic carbocycles. The first-order chi connectivity index (χ1) is 12.8. The van der Waals surface area contributed by atoms with E-state index in [1.165, 1.54) is 12.1 Å². The second-order valence-electron chi connectivity index (χ2n) is 6.57. The quantitative estimate of drug-likeness (QED) is 0.736. The number of nitrogens with one attached hydrogen (secondary N) is 2. The van der Waals surface area contributed by atoms with Crippen LogP contribution in [-0.2, 0) is 6.18 Å². The molecule has 1 unspecified atom stereocenters. The monoisotopic (exact) mass is 379 g/mol. The van der Waals surface area contributed by atoms with Crippen molar-refractivity contribution < 1.29 is 23.1 Å². The van der Waals surface area contributed by atoms with Crippen LogP contribution in [0.2, 0.25) is 0 Å². The topological polar surface area (TPSA) is 74.2 Å². The zero-order valence-electron chi connectivity index (χ0n) is 14.5. The highest BCUT2D eigenvalue weighted by atomic mass is 19.4. The Hall–Kier alpha value is -2.61. The predicted octanol–water partition coefficient (Wildman–Crippen LogP) is 3.93. The number of aliphatic hydroxyl groups is 1. The fourth-order valence-electron chi connectivity index (χ4n) is 3.15. The Morgan fingerprint density at radius 2 is 1.93 bits per heavy atom. The number of alkyl halides is 3. The zero-order chi connectivity index (χ0) is 19.4. The van der Waals surface area contributed by atoms with E-state index in [0.717, 1.165) is 31.4 Å². The van der Waals surface area contributed by atoms with Crippen molar-refractivity contribution in [2.24, 2.45) is 5.92 Å². The molecule has 1 aliphatic rings. The first-order valence-electron chi connectivity index (χ1n) is 8.70. The van der Waals surface area contributed by atoms with Gasteiger partial charge in [-0.3, -0.25) is 4.79 Å². The highest BCUT2D eigenvalue weighted by Gasteiger charge is 2.30. The Morgan fingerprint density at radius 3 is 2.56 bits per heavy atom. The van der Waals surface area contributed by atoms with Crippen LogP contribution in [0.25, 0.3) is 0 Å². The lowest BCUT2D eigenvalue weighted by atomic mass is 10.1. The number of anilines is 2. The van der Waals surface area contributed by atoms with Crippen LogP contribution < -0.4 is 10.6 Å². The largest absolute Gasteiger partial charge is 0.416 e. The Morgan fingerprint density at radius 1 is 1.19 bits per heavy atom. The van der Waals surface area contributed by atoms with Gasteiger partial charge in [0.25, 0.3) is 5.91 Å². The van der Waals surface area contributed by atoms with Gasteiger partial charge in [-0.25, -0.2) is 4.98 Å². The summed E-state index contributed by atoms with van der Waals surface area (Å²) in [7, 11) is 0.